The Hall–Kier alpha value is -1.23. The van der Waals surface area contributed by atoms with Crippen molar-refractivity contribution in [3.8, 4) is 5.75 Å². The van der Waals surface area contributed by atoms with E-state index in [0.717, 1.165) is 12.5 Å². The van der Waals surface area contributed by atoms with Gasteiger partial charge in [0.25, 0.3) is 0 Å². The first kappa shape index (κ1) is 12.2. The minimum Gasteiger partial charge on any atom is -0.490 e. The maximum Gasteiger partial charge on any atom is 0.416 e. The minimum atomic E-state index is -4.31. The van der Waals surface area contributed by atoms with Crippen molar-refractivity contribution in [1.82, 2.24) is 0 Å². The van der Waals surface area contributed by atoms with Gasteiger partial charge in [0, 0.05) is 12.0 Å². The Kier molecular flexibility index (Phi) is 3.28. The summed E-state index contributed by atoms with van der Waals surface area (Å²) in [7, 11) is 0. The minimum absolute atomic E-state index is 0.169. The lowest BCUT2D eigenvalue weighted by molar-refractivity contribution is -0.138. The molecule has 0 radical (unpaired) electrons. The first-order chi connectivity index (χ1) is 8.02. The lowest BCUT2D eigenvalue weighted by Gasteiger charge is -2.09. The third-order valence-corrected chi connectivity index (χ3v) is 2.89. The summed E-state index contributed by atoms with van der Waals surface area (Å²) in [5.41, 5.74) is 5.08. The highest BCUT2D eigenvalue weighted by Gasteiger charge is 2.37. The van der Waals surface area contributed by atoms with Gasteiger partial charge in [-0.3, -0.25) is 0 Å². The van der Waals surface area contributed by atoms with Gasteiger partial charge in [0.2, 0.25) is 0 Å². The van der Waals surface area contributed by atoms with Crippen LogP contribution < -0.4 is 10.5 Å². The maximum absolute atomic E-state index is 12.7. The number of rotatable bonds is 3. The number of halogens is 3. The summed E-state index contributed by atoms with van der Waals surface area (Å²) in [5, 5.41) is 0. The van der Waals surface area contributed by atoms with Crippen LogP contribution in [0.3, 0.4) is 0 Å². The molecule has 5 heteroatoms. The highest BCUT2D eigenvalue weighted by Crippen LogP contribution is 2.40. The smallest absolute Gasteiger partial charge is 0.416 e. The Morgan fingerprint density at radius 3 is 2.76 bits per heavy atom. The molecule has 0 aliphatic carbocycles. The van der Waals surface area contributed by atoms with Gasteiger partial charge in [0.1, 0.15) is 11.9 Å². The molecule has 94 valence electrons. The van der Waals surface area contributed by atoms with Crippen LogP contribution in [-0.4, -0.2) is 12.6 Å². The van der Waals surface area contributed by atoms with E-state index < -0.39 is 11.7 Å². The van der Waals surface area contributed by atoms with Crippen molar-refractivity contribution in [3.63, 3.8) is 0 Å². The van der Waals surface area contributed by atoms with E-state index in [-0.39, 0.29) is 11.7 Å². The van der Waals surface area contributed by atoms with Crippen molar-refractivity contribution in [3.05, 3.63) is 29.3 Å². The molecule has 0 aromatic heterocycles. The summed E-state index contributed by atoms with van der Waals surface area (Å²) < 4.78 is 43.7. The SMILES string of the molecule is NCCCC1Cc2c(cccc2C(F)(F)F)O1. The van der Waals surface area contributed by atoms with Gasteiger partial charge in [0.05, 0.1) is 5.56 Å². The molecule has 1 aromatic rings. The second-order valence-electron chi connectivity index (χ2n) is 4.15. The molecule has 0 saturated heterocycles. The van der Waals surface area contributed by atoms with Gasteiger partial charge in [-0.2, -0.15) is 13.2 Å². The van der Waals surface area contributed by atoms with Crippen LogP contribution in [0, 0.1) is 0 Å². The van der Waals surface area contributed by atoms with Gasteiger partial charge in [-0.05, 0) is 31.5 Å². The summed E-state index contributed by atoms with van der Waals surface area (Å²) in [4.78, 5) is 0. The fourth-order valence-electron chi connectivity index (χ4n) is 2.11. The Balaban J connectivity index is 2.20. The van der Waals surface area contributed by atoms with Crippen molar-refractivity contribution >= 4 is 0 Å². The number of ether oxygens (including phenoxy) is 1. The maximum atomic E-state index is 12.7. The first-order valence-corrected chi connectivity index (χ1v) is 5.58. The zero-order valence-electron chi connectivity index (χ0n) is 9.26. The van der Waals surface area contributed by atoms with E-state index in [1.807, 2.05) is 0 Å². The van der Waals surface area contributed by atoms with Crippen molar-refractivity contribution < 1.29 is 17.9 Å². The second kappa shape index (κ2) is 4.56. The third-order valence-electron chi connectivity index (χ3n) is 2.89. The van der Waals surface area contributed by atoms with E-state index in [0.29, 0.717) is 25.1 Å². The van der Waals surface area contributed by atoms with Crippen LogP contribution >= 0.6 is 0 Å². The molecule has 1 atom stereocenters. The van der Waals surface area contributed by atoms with Gasteiger partial charge in [-0.1, -0.05) is 6.07 Å². The molecular weight excluding hydrogens is 231 g/mol. The molecule has 0 spiro atoms. The lowest BCUT2D eigenvalue weighted by Crippen LogP contribution is -2.15. The van der Waals surface area contributed by atoms with E-state index in [1.165, 1.54) is 6.07 Å². The van der Waals surface area contributed by atoms with Crippen LogP contribution in [0.25, 0.3) is 0 Å². The zero-order chi connectivity index (χ0) is 12.5. The van der Waals surface area contributed by atoms with Crippen LogP contribution in [0.4, 0.5) is 13.2 Å². The molecule has 0 amide bonds. The largest absolute Gasteiger partial charge is 0.490 e. The summed E-state index contributed by atoms with van der Waals surface area (Å²) in [5.74, 6) is 0.363. The van der Waals surface area contributed by atoms with Crippen LogP contribution in [0.2, 0.25) is 0 Å². The number of hydrogen-bond acceptors (Lipinski definition) is 2. The summed E-state index contributed by atoms with van der Waals surface area (Å²) >= 11 is 0. The average Bonchev–Trinajstić information content (AvgIpc) is 2.66. The fourth-order valence-corrected chi connectivity index (χ4v) is 2.11. The zero-order valence-corrected chi connectivity index (χ0v) is 9.26. The molecule has 1 aromatic carbocycles. The van der Waals surface area contributed by atoms with E-state index >= 15 is 0 Å². The molecule has 2 N–H and O–H groups in total. The standard InChI is InChI=1S/C12H14F3NO/c13-12(14,15)10-4-1-5-11-9(10)7-8(17-11)3-2-6-16/h1,4-5,8H,2-3,6-7,16H2. The van der Waals surface area contributed by atoms with E-state index in [9.17, 15) is 13.2 Å². The molecule has 1 aliphatic rings. The monoisotopic (exact) mass is 245 g/mol. The van der Waals surface area contributed by atoms with Gasteiger partial charge in [0.15, 0.2) is 0 Å². The Morgan fingerprint density at radius 2 is 2.12 bits per heavy atom. The van der Waals surface area contributed by atoms with Crippen LogP contribution in [0.1, 0.15) is 24.0 Å². The van der Waals surface area contributed by atoms with Gasteiger partial charge in [-0.15, -0.1) is 0 Å². The van der Waals surface area contributed by atoms with Crippen molar-refractivity contribution in [2.24, 2.45) is 5.73 Å². The normalized spacial score (nSPS) is 18.9. The van der Waals surface area contributed by atoms with Gasteiger partial charge >= 0.3 is 6.18 Å². The predicted octanol–water partition coefficient (Wildman–Crippen LogP) is 2.75. The highest BCUT2D eigenvalue weighted by atomic mass is 19.4. The second-order valence-corrected chi connectivity index (χ2v) is 4.15. The molecule has 1 heterocycles. The first-order valence-electron chi connectivity index (χ1n) is 5.58. The quantitative estimate of drug-likeness (QED) is 0.888. The summed E-state index contributed by atoms with van der Waals surface area (Å²) in [6, 6.07) is 4.08. The lowest BCUT2D eigenvalue weighted by atomic mass is 10.0. The average molecular weight is 245 g/mol. The van der Waals surface area contributed by atoms with Crippen LogP contribution in [0.5, 0.6) is 5.75 Å². The van der Waals surface area contributed by atoms with E-state index in [1.54, 1.807) is 6.07 Å². The fraction of sp³-hybridized carbons (Fsp3) is 0.500. The van der Waals surface area contributed by atoms with Crippen molar-refractivity contribution in [2.45, 2.75) is 31.5 Å². The Labute approximate surface area is 97.6 Å². The molecule has 1 aliphatic heterocycles. The summed E-state index contributed by atoms with van der Waals surface area (Å²) in [6.07, 6.45) is -2.69. The molecule has 17 heavy (non-hydrogen) atoms. The van der Waals surface area contributed by atoms with E-state index in [4.69, 9.17) is 10.5 Å². The molecular formula is C12H14F3NO. The Bertz CT molecular complexity index is 403. The Morgan fingerprint density at radius 1 is 1.35 bits per heavy atom. The topological polar surface area (TPSA) is 35.2 Å². The number of nitrogens with two attached hydrogens (primary N) is 1. The molecule has 2 rings (SSSR count). The summed E-state index contributed by atoms with van der Waals surface area (Å²) in [6.45, 7) is 0.530. The highest BCUT2D eigenvalue weighted by molar-refractivity contribution is 5.44. The van der Waals surface area contributed by atoms with E-state index in [2.05, 4.69) is 0 Å². The molecule has 1 unspecified atom stereocenters. The third kappa shape index (κ3) is 2.54. The molecule has 0 saturated carbocycles. The van der Waals surface area contributed by atoms with Crippen molar-refractivity contribution in [1.29, 1.82) is 0 Å². The molecule has 2 nitrogen and oxygen atoms in total. The number of benzene rings is 1. The van der Waals surface area contributed by atoms with Gasteiger partial charge in [-0.25, -0.2) is 0 Å². The van der Waals surface area contributed by atoms with Crippen LogP contribution in [0.15, 0.2) is 18.2 Å². The van der Waals surface area contributed by atoms with Gasteiger partial charge < -0.3 is 10.5 Å². The number of fused-ring (bicyclic) bond motifs is 1. The molecule has 0 bridgehead atoms. The number of alkyl halides is 3. The predicted molar refractivity (Wildman–Crippen MR) is 57.9 cm³/mol. The molecule has 0 fully saturated rings. The van der Waals surface area contributed by atoms with Crippen LogP contribution in [-0.2, 0) is 12.6 Å². The number of hydrogen-bond donors (Lipinski definition) is 1. The van der Waals surface area contributed by atoms with Crippen molar-refractivity contribution in [2.75, 3.05) is 6.54 Å².